The van der Waals surface area contributed by atoms with Gasteiger partial charge in [0.25, 0.3) is 5.91 Å². The van der Waals surface area contributed by atoms with Crippen LogP contribution in [0.25, 0.3) is 0 Å². The molecule has 1 aromatic rings. The number of amides is 1. The smallest absolute Gasteiger partial charge is 0.305 e. The summed E-state index contributed by atoms with van der Waals surface area (Å²) in [5.74, 6) is -0.227. The number of hydrogen-bond acceptors (Lipinski definition) is 3. The molecule has 1 aliphatic rings. The Hall–Kier alpha value is -2.04. The van der Waals surface area contributed by atoms with Crippen LogP contribution >= 0.6 is 0 Å². The number of nitrogens with zero attached hydrogens (tertiary/aromatic N) is 1. The fourth-order valence-corrected chi connectivity index (χ4v) is 2.13. The highest BCUT2D eigenvalue weighted by molar-refractivity contribution is 5.95. The van der Waals surface area contributed by atoms with E-state index in [0.29, 0.717) is 12.2 Å². The SMILES string of the molecule is CCCOc1ccc(C(=O)N(CCC(=O)O)C2CC2)cc1. The van der Waals surface area contributed by atoms with E-state index in [1.54, 1.807) is 29.2 Å². The lowest BCUT2D eigenvalue weighted by Crippen LogP contribution is -2.34. The Morgan fingerprint density at radius 1 is 1.29 bits per heavy atom. The summed E-state index contributed by atoms with van der Waals surface area (Å²) >= 11 is 0. The number of ether oxygens (including phenoxy) is 1. The van der Waals surface area contributed by atoms with E-state index in [0.717, 1.165) is 25.0 Å². The van der Waals surface area contributed by atoms with Crippen LogP contribution < -0.4 is 4.74 Å². The van der Waals surface area contributed by atoms with Gasteiger partial charge in [-0.1, -0.05) is 6.92 Å². The Labute approximate surface area is 124 Å². The number of carbonyl (C=O) groups is 2. The second-order valence-corrected chi connectivity index (χ2v) is 5.25. The summed E-state index contributed by atoms with van der Waals surface area (Å²) < 4.78 is 5.49. The highest BCUT2D eigenvalue weighted by Gasteiger charge is 2.33. The predicted octanol–water partition coefficient (Wildman–Crippen LogP) is 2.55. The molecule has 1 N–H and O–H groups in total. The third-order valence-electron chi connectivity index (χ3n) is 3.39. The van der Waals surface area contributed by atoms with E-state index in [4.69, 9.17) is 9.84 Å². The molecule has 1 aliphatic carbocycles. The van der Waals surface area contributed by atoms with Gasteiger partial charge >= 0.3 is 5.97 Å². The van der Waals surface area contributed by atoms with E-state index in [1.807, 2.05) is 6.92 Å². The van der Waals surface area contributed by atoms with Crippen LogP contribution in [0.5, 0.6) is 5.75 Å². The van der Waals surface area contributed by atoms with Gasteiger partial charge in [-0.05, 0) is 43.5 Å². The monoisotopic (exact) mass is 291 g/mol. The van der Waals surface area contributed by atoms with Gasteiger partial charge in [-0.15, -0.1) is 0 Å². The molecule has 21 heavy (non-hydrogen) atoms. The molecule has 0 heterocycles. The van der Waals surface area contributed by atoms with Crippen molar-refractivity contribution in [2.45, 2.75) is 38.6 Å². The highest BCUT2D eigenvalue weighted by Crippen LogP contribution is 2.28. The largest absolute Gasteiger partial charge is 0.494 e. The van der Waals surface area contributed by atoms with E-state index in [2.05, 4.69) is 0 Å². The number of aliphatic carboxylic acids is 1. The first-order valence-corrected chi connectivity index (χ1v) is 7.37. The first-order chi connectivity index (χ1) is 10.1. The first-order valence-electron chi connectivity index (χ1n) is 7.37. The van der Waals surface area contributed by atoms with Gasteiger partial charge in [0.05, 0.1) is 13.0 Å². The van der Waals surface area contributed by atoms with Crippen LogP contribution in [0.4, 0.5) is 0 Å². The summed E-state index contributed by atoms with van der Waals surface area (Å²) in [5, 5.41) is 8.78. The fraction of sp³-hybridized carbons (Fsp3) is 0.500. The molecule has 0 unspecified atom stereocenters. The second-order valence-electron chi connectivity index (χ2n) is 5.25. The number of carbonyl (C=O) groups excluding carboxylic acids is 1. The van der Waals surface area contributed by atoms with Gasteiger partial charge in [0, 0.05) is 18.2 Å². The number of rotatable bonds is 8. The topological polar surface area (TPSA) is 66.8 Å². The molecule has 0 aliphatic heterocycles. The number of hydrogen-bond donors (Lipinski definition) is 1. The molecule has 1 aromatic carbocycles. The minimum Gasteiger partial charge on any atom is -0.494 e. The summed E-state index contributed by atoms with van der Waals surface area (Å²) in [6.07, 6.45) is 2.84. The zero-order chi connectivity index (χ0) is 15.2. The van der Waals surface area contributed by atoms with Crippen molar-refractivity contribution >= 4 is 11.9 Å². The van der Waals surface area contributed by atoms with Crippen molar-refractivity contribution in [3.05, 3.63) is 29.8 Å². The molecule has 0 atom stereocenters. The Kier molecular flexibility index (Phi) is 5.20. The molecular weight excluding hydrogens is 270 g/mol. The van der Waals surface area contributed by atoms with Crippen LogP contribution in [0, 0.1) is 0 Å². The van der Waals surface area contributed by atoms with Crippen LogP contribution in [0.15, 0.2) is 24.3 Å². The van der Waals surface area contributed by atoms with Crippen molar-refractivity contribution in [3.8, 4) is 5.75 Å². The highest BCUT2D eigenvalue weighted by atomic mass is 16.5. The summed E-state index contributed by atoms with van der Waals surface area (Å²) in [5.41, 5.74) is 0.580. The van der Waals surface area contributed by atoms with Crippen LogP contribution in [0.2, 0.25) is 0 Å². The van der Waals surface area contributed by atoms with E-state index in [-0.39, 0.29) is 24.9 Å². The van der Waals surface area contributed by atoms with Gasteiger partial charge in [0.15, 0.2) is 0 Å². The molecule has 1 fully saturated rings. The maximum atomic E-state index is 12.5. The summed E-state index contributed by atoms with van der Waals surface area (Å²) in [4.78, 5) is 24.8. The van der Waals surface area contributed by atoms with Gasteiger partial charge in [-0.3, -0.25) is 9.59 Å². The van der Waals surface area contributed by atoms with Crippen LogP contribution in [-0.4, -0.2) is 41.1 Å². The Morgan fingerprint density at radius 3 is 2.48 bits per heavy atom. The lowest BCUT2D eigenvalue weighted by atomic mass is 10.2. The molecule has 5 heteroatoms. The molecule has 0 aromatic heterocycles. The molecule has 1 saturated carbocycles. The molecule has 0 spiro atoms. The quantitative estimate of drug-likeness (QED) is 0.799. The van der Waals surface area contributed by atoms with E-state index >= 15 is 0 Å². The van der Waals surface area contributed by atoms with E-state index in [9.17, 15) is 9.59 Å². The molecule has 1 amide bonds. The van der Waals surface area contributed by atoms with Crippen LogP contribution in [0.3, 0.4) is 0 Å². The maximum absolute atomic E-state index is 12.5. The minimum atomic E-state index is -0.878. The number of carboxylic acids is 1. The van der Waals surface area contributed by atoms with E-state index in [1.165, 1.54) is 0 Å². The molecule has 2 rings (SSSR count). The van der Waals surface area contributed by atoms with Gasteiger partial charge in [0.2, 0.25) is 0 Å². The zero-order valence-electron chi connectivity index (χ0n) is 12.2. The lowest BCUT2D eigenvalue weighted by molar-refractivity contribution is -0.137. The van der Waals surface area contributed by atoms with Crippen molar-refractivity contribution in [3.63, 3.8) is 0 Å². The number of benzene rings is 1. The lowest BCUT2D eigenvalue weighted by Gasteiger charge is -2.21. The Bertz CT molecular complexity index is 494. The zero-order valence-corrected chi connectivity index (χ0v) is 12.2. The van der Waals surface area contributed by atoms with Gasteiger partial charge in [-0.2, -0.15) is 0 Å². The van der Waals surface area contributed by atoms with Crippen molar-refractivity contribution in [2.75, 3.05) is 13.2 Å². The summed E-state index contributed by atoms with van der Waals surface area (Å²) in [7, 11) is 0. The second kappa shape index (κ2) is 7.11. The first kappa shape index (κ1) is 15.4. The van der Waals surface area contributed by atoms with Crippen molar-refractivity contribution in [1.82, 2.24) is 4.90 Å². The average Bonchev–Trinajstić information content (AvgIpc) is 3.30. The molecule has 0 bridgehead atoms. The minimum absolute atomic E-state index is 0.0140. The summed E-state index contributed by atoms with van der Waals surface area (Å²) in [6.45, 7) is 2.96. The number of carboxylic acid groups (broad SMARTS) is 1. The molecule has 0 saturated heterocycles. The molecule has 114 valence electrons. The van der Waals surface area contributed by atoms with Crippen molar-refractivity contribution in [2.24, 2.45) is 0 Å². The Balaban J connectivity index is 2.00. The van der Waals surface area contributed by atoms with Gasteiger partial charge < -0.3 is 14.7 Å². The average molecular weight is 291 g/mol. The molecular formula is C16H21NO4. The van der Waals surface area contributed by atoms with E-state index < -0.39 is 5.97 Å². The van der Waals surface area contributed by atoms with Crippen molar-refractivity contribution < 1.29 is 19.4 Å². The molecule has 5 nitrogen and oxygen atoms in total. The van der Waals surface area contributed by atoms with Gasteiger partial charge in [-0.25, -0.2) is 0 Å². The normalized spacial score (nSPS) is 13.8. The Morgan fingerprint density at radius 2 is 1.95 bits per heavy atom. The maximum Gasteiger partial charge on any atom is 0.305 e. The third-order valence-corrected chi connectivity index (χ3v) is 3.39. The standard InChI is InChI=1S/C16H21NO4/c1-2-11-21-14-7-3-12(4-8-14)16(20)17(13-5-6-13)10-9-15(18)19/h3-4,7-8,13H,2,5-6,9-11H2,1H3,(H,18,19). The predicted molar refractivity (Wildman–Crippen MR) is 78.5 cm³/mol. The summed E-state index contributed by atoms with van der Waals surface area (Å²) in [6, 6.07) is 7.25. The molecule has 0 radical (unpaired) electrons. The third kappa shape index (κ3) is 4.48. The van der Waals surface area contributed by atoms with Gasteiger partial charge in [0.1, 0.15) is 5.75 Å². The van der Waals surface area contributed by atoms with Crippen LogP contribution in [0.1, 0.15) is 43.0 Å². The van der Waals surface area contributed by atoms with Crippen molar-refractivity contribution in [1.29, 1.82) is 0 Å². The fourth-order valence-electron chi connectivity index (χ4n) is 2.13. The van der Waals surface area contributed by atoms with Crippen LogP contribution in [-0.2, 0) is 4.79 Å².